The first-order chi connectivity index (χ1) is 14.5. The van der Waals surface area contributed by atoms with Crippen molar-refractivity contribution in [2.24, 2.45) is 5.92 Å². The third-order valence-corrected chi connectivity index (χ3v) is 5.57. The van der Waals surface area contributed by atoms with Gasteiger partial charge in [0, 0.05) is 38.8 Å². The number of hydrogen-bond acceptors (Lipinski definition) is 4. The van der Waals surface area contributed by atoms with E-state index in [0.29, 0.717) is 37.7 Å². The summed E-state index contributed by atoms with van der Waals surface area (Å²) in [4.78, 5) is 29.2. The van der Waals surface area contributed by atoms with Crippen molar-refractivity contribution in [2.75, 3.05) is 26.7 Å². The maximum Gasteiger partial charge on any atom is 0.407 e. The number of nitrogens with zero attached hydrogens (tertiary/aromatic N) is 2. The van der Waals surface area contributed by atoms with Crippen LogP contribution < -0.4 is 10.6 Å². The lowest BCUT2D eigenvalue weighted by atomic mass is 9.94. The lowest BCUT2D eigenvalue weighted by Gasteiger charge is -2.30. The van der Waals surface area contributed by atoms with Crippen LogP contribution in [0.15, 0.2) is 42.5 Å². The normalized spacial score (nSPS) is 14.5. The molecule has 1 aliphatic rings. The summed E-state index contributed by atoms with van der Waals surface area (Å²) in [6.45, 7) is 2.79. The fraction of sp³-hybridized carbons (Fsp3) is 0.435. The van der Waals surface area contributed by atoms with Crippen LogP contribution in [0.5, 0.6) is 0 Å². The van der Waals surface area contributed by atoms with Gasteiger partial charge in [0.15, 0.2) is 0 Å². The van der Waals surface area contributed by atoms with Gasteiger partial charge in [0.2, 0.25) is 0 Å². The van der Waals surface area contributed by atoms with Crippen LogP contribution in [0.4, 0.5) is 4.79 Å². The second-order valence-corrected chi connectivity index (χ2v) is 7.77. The molecule has 1 aliphatic heterocycles. The first-order valence-corrected chi connectivity index (χ1v) is 10.5. The molecule has 7 nitrogen and oxygen atoms in total. The van der Waals surface area contributed by atoms with E-state index in [1.165, 1.54) is 4.90 Å². The Morgan fingerprint density at radius 3 is 2.53 bits per heavy atom. The fourth-order valence-electron chi connectivity index (χ4n) is 3.84. The summed E-state index contributed by atoms with van der Waals surface area (Å²) in [6, 6.07) is 14.0. The second kappa shape index (κ2) is 10.7. The highest BCUT2D eigenvalue weighted by atomic mass is 16.4. The van der Waals surface area contributed by atoms with Crippen molar-refractivity contribution in [3.8, 4) is 0 Å². The van der Waals surface area contributed by atoms with E-state index in [4.69, 9.17) is 5.11 Å². The molecule has 1 saturated heterocycles. The minimum Gasteiger partial charge on any atom is -0.465 e. The molecule has 0 unspecified atom stereocenters. The molecule has 2 heterocycles. The number of carbonyl (C=O) groups is 2. The van der Waals surface area contributed by atoms with E-state index in [0.717, 1.165) is 42.6 Å². The van der Waals surface area contributed by atoms with Gasteiger partial charge >= 0.3 is 6.09 Å². The first kappa shape index (κ1) is 21.8. The second-order valence-electron chi connectivity index (χ2n) is 7.77. The minimum absolute atomic E-state index is 0.184. The predicted molar refractivity (Wildman–Crippen MR) is 116 cm³/mol. The molecule has 2 aromatic rings. The third kappa shape index (κ3) is 6.29. The molecule has 1 aromatic carbocycles. The van der Waals surface area contributed by atoms with Crippen LogP contribution in [0.1, 0.15) is 46.6 Å². The summed E-state index contributed by atoms with van der Waals surface area (Å²) in [7, 11) is 1.61. The molecule has 0 radical (unpaired) electrons. The maximum absolute atomic E-state index is 12.1. The van der Waals surface area contributed by atoms with Gasteiger partial charge in [0.05, 0.1) is 0 Å². The lowest BCUT2D eigenvalue weighted by Crippen LogP contribution is -2.38. The van der Waals surface area contributed by atoms with Crippen LogP contribution in [-0.4, -0.2) is 53.7 Å². The average molecular weight is 411 g/mol. The van der Waals surface area contributed by atoms with E-state index in [1.54, 1.807) is 7.05 Å². The molecule has 160 valence electrons. The Morgan fingerprint density at radius 1 is 1.13 bits per heavy atom. The molecule has 30 heavy (non-hydrogen) atoms. The number of benzene rings is 1. The zero-order chi connectivity index (χ0) is 21.3. The topological polar surface area (TPSA) is 94.6 Å². The molecule has 2 amide bonds. The van der Waals surface area contributed by atoms with Crippen molar-refractivity contribution in [1.29, 1.82) is 0 Å². The number of nitrogens with one attached hydrogen (secondary N) is 2. The smallest absolute Gasteiger partial charge is 0.407 e. The Bertz CT molecular complexity index is 849. The Morgan fingerprint density at radius 2 is 1.87 bits per heavy atom. The number of aromatic nitrogens is 1. The van der Waals surface area contributed by atoms with Gasteiger partial charge in [-0.25, -0.2) is 9.78 Å². The molecule has 0 spiro atoms. The molecule has 7 heteroatoms. The number of rotatable bonds is 8. The molecular formula is C23H30N4O3. The summed E-state index contributed by atoms with van der Waals surface area (Å²) in [5.74, 6) is 0.372. The number of pyridine rings is 1. The van der Waals surface area contributed by atoms with Crippen molar-refractivity contribution >= 4 is 12.0 Å². The summed E-state index contributed by atoms with van der Waals surface area (Å²) >= 11 is 0. The maximum atomic E-state index is 12.1. The molecule has 0 atom stereocenters. The van der Waals surface area contributed by atoms with Crippen molar-refractivity contribution in [3.63, 3.8) is 0 Å². The van der Waals surface area contributed by atoms with Crippen molar-refractivity contribution in [1.82, 2.24) is 20.5 Å². The first-order valence-electron chi connectivity index (χ1n) is 10.5. The predicted octanol–water partition coefficient (Wildman–Crippen LogP) is 2.90. The number of likely N-dealkylation sites (tertiary alicyclic amines) is 1. The van der Waals surface area contributed by atoms with Gasteiger partial charge in [-0.3, -0.25) is 4.79 Å². The van der Waals surface area contributed by atoms with Crippen LogP contribution in [0.2, 0.25) is 0 Å². The SMILES string of the molecule is CNC(=O)c1cc(CNCCC2CCN(C(=O)O)CC2)cc(Cc2ccccc2)n1. The van der Waals surface area contributed by atoms with E-state index in [-0.39, 0.29) is 5.91 Å². The lowest BCUT2D eigenvalue weighted by molar-refractivity contribution is 0.0957. The highest BCUT2D eigenvalue weighted by Gasteiger charge is 2.21. The van der Waals surface area contributed by atoms with Crippen LogP contribution in [0.3, 0.4) is 0 Å². The van der Waals surface area contributed by atoms with E-state index < -0.39 is 6.09 Å². The zero-order valence-corrected chi connectivity index (χ0v) is 17.4. The van der Waals surface area contributed by atoms with Gasteiger partial charge in [-0.1, -0.05) is 30.3 Å². The molecule has 1 fully saturated rings. The number of carboxylic acid groups (broad SMARTS) is 1. The van der Waals surface area contributed by atoms with Crippen molar-refractivity contribution in [2.45, 2.75) is 32.2 Å². The fourth-order valence-corrected chi connectivity index (χ4v) is 3.84. The highest BCUT2D eigenvalue weighted by molar-refractivity contribution is 5.92. The standard InChI is InChI=1S/C23H30N4O3/c1-24-22(28)21-15-19(14-20(26-21)13-18-5-3-2-4-6-18)16-25-10-7-17-8-11-27(12-9-17)23(29)30/h2-6,14-15,17,25H,7-13,16H2,1H3,(H,24,28)(H,29,30). The average Bonchev–Trinajstić information content (AvgIpc) is 2.77. The monoisotopic (exact) mass is 410 g/mol. The number of piperidine rings is 1. The Hall–Kier alpha value is -2.93. The molecule has 0 bridgehead atoms. The number of amides is 2. The Labute approximate surface area is 177 Å². The van der Waals surface area contributed by atoms with Gasteiger partial charge < -0.3 is 20.6 Å². The molecule has 1 aromatic heterocycles. The highest BCUT2D eigenvalue weighted by Crippen LogP contribution is 2.20. The van der Waals surface area contributed by atoms with E-state index in [2.05, 4.69) is 33.8 Å². The number of hydrogen-bond donors (Lipinski definition) is 3. The van der Waals surface area contributed by atoms with Crippen LogP contribution >= 0.6 is 0 Å². The molecule has 3 N–H and O–H groups in total. The minimum atomic E-state index is -0.817. The molecule has 0 saturated carbocycles. The van der Waals surface area contributed by atoms with Crippen LogP contribution in [0, 0.1) is 5.92 Å². The van der Waals surface area contributed by atoms with Crippen LogP contribution in [-0.2, 0) is 13.0 Å². The Kier molecular flexibility index (Phi) is 7.79. The van der Waals surface area contributed by atoms with Gasteiger partial charge in [-0.2, -0.15) is 0 Å². The van der Waals surface area contributed by atoms with Gasteiger partial charge in [0.25, 0.3) is 5.91 Å². The van der Waals surface area contributed by atoms with E-state index >= 15 is 0 Å². The van der Waals surface area contributed by atoms with Gasteiger partial charge in [-0.15, -0.1) is 0 Å². The van der Waals surface area contributed by atoms with Gasteiger partial charge in [0.1, 0.15) is 5.69 Å². The van der Waals surface area contributed by atoms with Crippen LogP contribution in [0.25, 0.3) is 0 Å². The summed E-state index contributed by atoms with van der Waals surface area (Å²) < 4.78 is 0. The molecular weight excluding hydrogens is 380 g/mol. The summed E-state index contributed by atoms with van der Waals surface area (Å²) in [5.41, 5.74) is 3.50. The largest absolute Gasteiger partial charge is 0.465 e. The number of carbonyl (C=O) groups excluding carboxylic acids is 1. The van der Waals surface area contributed by atoms with Gasteiger partial charge in [-0.05, 0) is 55.0 Å². The summed E-state index contributed by atoms with van der Waals surface area (Å²) in [6.07, 6.45) is 2.73. The van der Waals surface area contributed by atoms with Crippen molar-refractivity contribution < 1.29 is 14.7 Å². The molecule has 0 aliphatic carbocycles. The Balaban J connectivity index is 1.55. The quantitative estimate of drug-likeness (QED) is 0.582. The van der Waals surface area contributed by atoms with Crippen molar-refractivity contribution in [3.05, 3.63) is 65.0 Å². The van der Waals surface area contributed by atoms with E-state index in [9.17, 15) is 9.59 Å². The third-order valence-electron chi connectivity index (χ3n) is 5.57. The zero-order valence-electron chi connectivity index (χ0n) is 17.4. The summed E-state index contributed by atoms with van der Waals surface area (Å²) in [5, 5.41) is 15.2. The molecule has 3 rings (SSSR count). The van der Waals surface area contributed by atoms with E-state index in [1.807, 2.05) is 24.3 Å².